The lowest BCUT2D eigenvalue weighted by molar-refractivity contribution is 0.269. The minimum Gasteiger partial charge on any atom is -0.382 e. The van der Waals surface area contributed by atoms with Crippen LogP contribution < -0.4 is 5.73 Å². The number of piperidine rings is 1. The molecule has 0 saturated carbocycles. The third-order valence-electron chi connectivity index (χ3n) is 3.63. The summed E-state index contributed by atoms with van der Waals surface area (Å²) >= 11 is 5.83. The molecule has 0 bridgehead atoms. The van der Waals surface area contributed by atoms with Crippen molar-refractivity contribution in [1.29, 1.82) is 0 Å². The number of hydrogen-bond acceptors (Lipinski definition) is 4. The molecule has 1 aromatic rings. The van der Waals surface area contributed by atoms with Gasteiger partial charge in [0.1, 0.15) is 10.7 Å². The van der Waals surface area contributed by atoms with E-state index in [0.29, 0.717) is 19.0 Å². The third-order valence-corrected chi connectivity index (χ3v) is 5.80. The average Bonchev–Trinajstić information content (AvgIpc) is 2.41. The lowest BCUT2D eigenvalue weighted by Crippen LogP contribution is -2.38. The zero-order valence-electron chi connectivity index (χ0n) is 10.8. The Labute approximate surface area is 118 Å². The number of sulfonamides is 1. The van der Waals surface area contributed by atoms with Crippen LogP contribution in [0.15, 0.2) is 17.2 Å². The summed E-state index contributed by atoms with van der Waals surface area (Å²) in [5.74, 6) is 0.768. The quantitative estimate of drug-likeness (QED) is 0.928. The Balaban J connectivity index is 2.21. The van der Waals surface area contributed by atoms with Gasteiger partial charge in [0.05, 0.1) is 5.02 Å². The molecule has 0 unspecified atom stereocenters. The largest absolute Gasteiger partial charge is 0.382 e. The van der Waals surface area contributed by atoms with Crippen LogP contribution in [-0.4, -0.2) is 30.8 Å². The lowest BCUT2D eigenvalue weighted by Gasteiger charge is -2.30. The van der Waals surface area contributed by atoms with Gasteiger partial charge in [-0.15, -0.1) is 0 Å². The van der Waals surface area contributed by atoms with E-state index in [-0.39, 0.29) is 15.7 Å². The molecule has 0 radical (unpaired) electrons. The summed E-state index contributed by atoms with van der Waals surface area (Å²) in [6, 6.07) is 1.37. The van der Waals surface area contributed by atoms with Crippen molar-refractivity contribution in [2.75, 3.05) is 18.8 Å². The molecule has 0 spiro atoms. The Kier molecular flexibility index (Phi) is 4.32. The highest BCUT2D eigenvalue weighted by molar-refractivity contribution is 7.89. The van der Waals surface area contributed by atoms with Crippen molar-refractivity contribution >= 4 is 27.4 Å². The van der Waals surface area contributed by atoms with Crippen LogP contribution in [0.5, 0.6) is 0 Å². The Morgan fingerprint density at radius 1 is 1.47 bits per heavy atom. The first-order valence-corrected chi connectivity index (χ1v) is 8.18. The molecule has 2 rings (SSSR count). The monoisotopic (exact) mass is 303 g/mol. The van der Waals surface area contributed by atoms with Gasteiger partial charge in [-0.3, -0.25) is 0 Å². The van der Waals surface area contributed by atoms with E-state index in [9.17, 15) is 8.42 Å². The molecule has 106 valence electrons. The number of anilines is 1. The summed E-state index contributed by atoms with van der Waals surface area (Å²) in [5.41, 5.74) is 5.50. The minimum atomic E-state index is -3.50. The second-order valence-electron chi connectivity index (χ2n) is 4.79. The van der Waals surface area contributed by atoms with Gasteiger partial charge in [0.15, 0.2) is 0 Å². The average molecular weight is 304 g/mol. The van der Waals surface area contributed by atoms with Crippen LogP contribution in [0.2, 0.25) is 5.02 Å². The smallest absolute Gasteiger partial charge is 0.244 e. The molecular formula is C12H18ClN3O2S. The maximum Gasteiger partial charge on any atom is 0.244 e. The summed E-state index contributed by atoms with van der Waals surface area (Å²) < 4.78 is 26.4. The van der Waals surface area contributed by atoms with Crippen LogP contribution in [0.3, 0.4) is 0 Å². The normalized spacial score (nSPS) is 18.6. The number of nitrogens with two attached hydrogens (primary N) is 1. The van der Waals surface area contributed by atoms with Crippen molar-refractivity contribution in [3.63, 3.8) is 0 Å². The molecule has 2 heterocycles. The Morgan fingerprint density at radius 2 is 2.11 bits per heavy atom. The number of aromatic nitrogens is 1. The molecule has 1 aliphatic rings. The highest BCUT2D eigenvalue weighted by Gasteiger charge is 2.29. The molecule has 5 nitrogen and oxygen atoms in total. The summed E-state index contributed by atoms with van der Waals surface area (Å²) in [6.07, 6.45) is 4.18. The zero-order chi connectivity index (χ0) is 14.0. The number of pyridine rings is 1. The molecule has 7 heteroatoms. The van der Waals surface area contributed by atoms with Gasteiger partial charge in [-0.1, -0.05) is 24.9 Å². The van der Waals surface area contributed by atoms with E-state index in [1.165, 1.54) is 16.6 Å². The van der Waals surface area contributed by atoms with Gasteiger partial charge in [-0.05, 0) is 24.8 Å². The number of rotatable bonds is 3. The van der Waals surface area contributed by atoms with Crippen LogP contribution in [0.25, 0.3) is 0 Å². The van der Waals surface area contributed by atoms with Gasteiger partial charge in [-0.25, -0.2) is 13.4 Å². The molecule has 1 aromatic heterocycles. The maximum absolute atomic E-state index is 12.4. The van der Waals surface area contributed by atoms with E-state index < -0.39 is 10.0 Å². The van der Waals surface area contributed by atoms with Crippen LogP contribution in [0.4, 0.5) is 5.82 Å². The highest BCUT2D eigenvalue weighted by Crippen LogP contribution is 2.27. The molecule has 0 aromatic carbocycles. The van der Waals surface area contributed by atoms with Gasteiger partial charge >= 0.3 is 0 Å². The first-order chi connectivity index (χ1) is 8.95. The van der Waals surface area contributed by atoms with Gasteiger partial charge < -0.3 is 5.73 Å². The molecule has 2 N–H and O–H groups in total. The molecule has 1 fully saturated rings. The molecule has 0 atom stereocenters. The van der Waals surface area contributed by atoms with Crippen LogP contribution in [0, 0.1) is 5.92 Å². The predicted octanol–water partition coefficient (Wildman–Crippen LogP) is 2.13. The van der Waals surface area contributed by atoms with Crippen LogP contribution >= 0.6 is 11.6 Å². The fourth-order valence-corrected chi connectivity index (χ4v) is 3.95. The summed E-state index contributed by atoms with van der Waals surface area (Å²) in [5, 5.41) is 0.171. The van der Waals surface area contributed by atoms with Gasteiger partial charge in [0.25, 0.3) is 0 Å². The first-order valence-electron chi connectivity index (χ1n) is 6.36. The van der Waals surface area contributed by atoms with E-state index >= 15 is 0 Å². The molecule has 1 saturated heterocycles. The van der Waals surface area contributed by atoms with Crippen molar-refractivity contribution in [3.05, 3.63) is 17.3 Å². The second kappa shape index (κ2) is 5.64. The van der Waals surface area contributed by atoms with E-state index in [1.54, 1.807) is 0 Å². The third kappa shape index (κ3) is 3.01. The van der Waals surface area contributed by atoms with Crippen LogP contribution in [-0.2, 0) is 10.0 Å². The van der Waals surface area contributed by atoms with Gasteiger partial charge in [0.2, 0.25) is 10.0 Å². The first kappa shape index (κ1) is 14.6. The summed E-state index contributed by atoms with van der Waals surface area (Å²) in [7, 11) is -3.50. The fraction of sp³-hybridized carbons (Fsp3) is 0.583. The molecule has 19 heavy (non-hydrogen) atoms. The lowest BCUT2D eigenvalue weighted by atomic mass is 9.96. The molecule has 0 aliphatic carbocycles. The Hall–Kier alpha value is -0.850. The standard InChI is InChI=1S/C12H18ClN3O2S/c1-2-9-3-5-16(6-4-9)19(17,18)10-7-11(13)12(14)15-8-10/h7-9H,2-6H2,1H3,(H2,14,15). The second-order valence-corrected chi connectivity index (χ2v) is 7.14. The Morgan fingerprint density at radius 3 is 2.63 bits per heavy atom. The van der Waals surface area contributed by atoms with Crippen LogP contribution in [0.1, 0.15) is 26.2 Å². The van der Waals surface area contributed by atoms with Crippen molar-refractivity contribution in [3.8, 4) is 0 Å². The molecule has 1 aliphatic heterocycles. The number of nitrogens with zero attached hydrogens (tertiary/aromatic N) is 2. The van der Waals surface area contributed by atoms with Crippen molar-refractivity contribution in [2.45, 2.75) is 31.1 Å². The van der Waals surface area contributed by atoms with E-state index in [0.717, 1.165) is 19.3 Å². The van der Waals surface area contributed by atoms with Crippen molar-refractivity contribution in [2.24, 2.45) is 5.92 Å². The summed E-state index contributed by atoms with van der Waals surface area (Å²) in [4.78, 5) is 3.92. The van der Waals surface area contributed by atoms with Crippen molar-refractivity contribution < 1.29 is 8.42 Å². The number of hydrogen-bond donors (Lipinski definition) is 1. The SMILES string of the molecule is CCC1CCN(S(=O)(=O)c2cnc(N)c(Cl)c2)CC1. The van der Waals surface area contributed by atoms with E-state index in [2.05, 4.69) is 11.9 Å². The van der Waals surface area contributed by atoms with E-state index in [1.807, 2.05) is 0 Å². The maximum atomic E-state index is 12.4. The Bertz CT molecular complexity index is 554. The predicted molar refractivity (Wildman–Crippen MR) is 75.4 cm³/mol. The summed E-state index contributed by atoms with van der Waals surface area (Å²) in [6.45, 7) is 3.25. The van der Waals surface area contributed by atoms with Crippen molar-refractivity contribution in [1.82, 2.24) is 9.29 Å². The fourth-order valence-electron chi connectivity index (χ4n) is 2.28. The van der Waals surface area contributed by atoms with E-state index in [4.69, 9.17) is 17.3 Å². The minimum absolute atomic E-state index is 0.113. The molecule has 0 amide bonds. The zero-order valence-corrected chi connectivity index (χ0v) is 12.4. The van der Waals surface area contributed by atoms with Gasteiger partial charge in [-0.2, -0.15) is 4.31 Å². The topological polar surface area (TPSA) is 76.3 Å². The number of nitrogen functional groups attached to an aromatic ring is 1. The number of halogens is 1. The van der Waals surface area contributed by atoms with Gasteiger partial charge in [0, 0.05) is 19.3 Å². The highest BCUT2D eigenvalue weighted by atomic mass is 35.5. The molecular weight excluding hydrogens is 286 g/mol.